The van der Waals surface area contributed by atoms with Crippen molar-refractivity contribution >= 4 is 0 Å². The zero-order chi connectivity index (χ0) is 8.93. The molecule has 2 heterocycles. The Morgan fingerprint density at radius 1 is 1.23 bits per heavy atom. The Morgan fingerprint density at radius 3 is 2.77 bits per heavy atom. The minimum Gasteiger partial charge on any atom is -0.313 e. The van der Waals surface area contributed by atoms with Gasteiger partial charge in [-0.25, -0.2) is 0 Å². The summed E-state index contributed by atoms with van der Waals surface area (Å²) in [5, 5.41) is 3.42. The highest BCUT2D eigenvalue weighted by Gasteiger charge is 2.10. The molecule has 0 aliphatic carbocycles. The second-order valence-electron chi connectivity index (χ2n) is 4.15. The van der Waals surface area contributed by atoms with E-state index in [0.717, 1.165) is 6.54 Å². The van der Waals surface area contributed by atoms with E-state index >= 15 is 0 Å². The first-order valence-corrected chi connectivity index (χ1v) is 5.56. The van der Waals surface area contributed by atoms with E-state index in [1.165, 1.54) is 51.9 Å². The summed E-state index contributed by atoms with van der Waals surface area (Å²) in [6, 6.07) is 0. The number of piperidine rings is 1. The third kappa shape index (κ3) is 2.82. The summed E-state index contributed by atoms with van der Waals surface area (Å²) in [5.74, 6) is 0. The Kier molecular flexibility index (Phi) is 3.39. The van der Waals surface area contributed by atoms with E-state index in [0.29, 0.717) is 0 Å². The lowest BCUT2D eigenvalue weighted by molar-refractivity contribution is 0.375. The fourth-order valence-corrected chi connectivity index (χ4v) is 2.18. The fraction of sp³-hybridized carbons (Fsp3) is 0.818. The van der Waals surface area contributed by atoms with Crippen LogP contribution in [0.1, 0.15) is 25.7 Å². The third-order valence-corrected chi connectivity index (χ3v) is 3.04. The predicted molar refractivity (Wildman–Crippen MR) is 55.9 cm³/mol. The molecule has 0 bridgehead atoms. The van der Waals surface area contributed by atoms with E-state index in [1.807, 2.05) is 0 Å². The maximum Gasteiger partial charge on any atom is 0.0166 e. The average molecular weight is 180 g/mol. The maximum absolute atomic E-state index is 3.42. The molecule has 2 saturated heterocycles. The van der Waals surface area contributed by atoms with Gasteiger partial charge in [0.15, 0.2) is 0 Å². The van der Waals surface area contributed by atoms with Crippen LogP contribution in [0.2, 0.25) is 0 Å². The summed E-state index contributed by atoms with van der Waals surface area (Å²) in [6.07, 6.45) is 7.90. The monoisotopic (exact) mass is 180 g/mol. The number of likely N-dealkylation sites (tertiary alicyclic amines) is 1. The molecule has 0 amide bonds. The van der Waals surface area contributed by atoms with Crippen LogP contribution >= 0.6 is 0 Å². The first-order chi connectivity index (χ1) is 6.45. The highest BCUT2D eigenvalue weighted by atomic mass is 15.1. The van der Waals surface area contributed by atoms with Gasteiger partial charge in [0.05, 0.1) is 0 Å². The lowest BCUT2D eigenvalue weighted by Gasteiger charge is -2.17. The summed E-state index contributed by atoms with van der Waals surface area (Å²) in [7, 11) is 0. The van der Waals surface area contributed by atoms with Gasteiger partial charge in [-0.15, -0.1) is 0 Å². The quantitative estimate of drug-likeness (QED) is 0.646. The number of nitrogens with one attached hydrogen (secondary N) is 1. The van der Waals surface area contributed by atoms with Crippen LogP contribution in [0.3, 0.4) is 0 Å². The molecule has 0 unspecified atom stereocenters. The van der Waals surface area contributed by atoms with Crippen LogP contribution < -0.4 is 5.32 Å². The molecule has 0 aromatic rings. The summed E-state index contributed by atoms with van der Waals surface area (Å²) in [4.78, 5) is 2.56. The molecule has 2 heteroatoms. The van der Waals surface area contributed by atoms with Gasteiger partial charge in [-0.1, -0.05) is 11.6 Å². The molecule has 2 fully saturated rings. The van der Waals surface area contributed by atoms with E-state index in [2.05, 4.69) is 16.3 Å². The molecular weight excluding hydrogens is 160 g/mol. The van der Waals surface area contributed by atoms with E-state index in [-0.39, 0.29) is 0 Å². The van der Waals surface area contributed by atoms with Crippen molar-refractivity contribution in [3.05, 3.63) is 11.6 Å². The molecular formula is C11H20N2. The van der Waals surface area contributed by atoms with Gasteiger partial charge in [-0.2, -0.15) is 0 Å². The molecule has 2 aliphatic rings. The first-order valence-electron chi connectivity index (χ1n) is 5.56. The Labute approximate surface area is 81.0 Å². The summed E-state index contributed by atoms with van der Waals surface area (Å²) in [6.45, 7) is 6.17. The summed E-state index contributed by atoms with van der Waals surface area (Å²) >= 11 is 0. The molecule has 2 nitrogen and oxygen atoms in total. The number of nitrogens with zero attached hydrogens (tertiary/aromatic N) is 1. The van der Waals surface area contributed by atoms with Crippen LogP contribution in [0.5, 0.6) is 0 Å². The lowest BCUT2D eigenvalue weighted by atomic mass is 10.1. The average Bonchev–Trinajstić information content (AvgIpc) is 2.69. The molecule has 0 atom stereocenters. The molecule has 1 N–H and O–H groups in total. The number of rotatable bonds is 2. The number of hydrogen-bond acceptors (Lipinski definition) is 2. The second-order valence-corrected chi connectivity index (χ2v) is 4.15. The van der Waals surface area contributed by atoms with Gasteiger partial charge in [0.2, 0.25) is 0 Å². The van der Waals surface area contributed by atoms with Gasteiger partial charge in [0, 0.05) is 13.1 Å². The maximum atomic E-state index is 3.42. The lowest BCUT2D eigenvalue weighted by Crippen LogP contribution is -2.25. The van der Waals surface area contributed by atoms with Crippen molar-refractivity contribution in [1.29, 1.82) is 0 Å². The Hall–Kier alpha value is -0.340. The van der Waals surface area contributed by atoms with Gasteiger partial charge in [0.25, 0.3) is 0 Å². The van der Waals surface area contributed by atoms with Crippen LogP contribution in [0.25, 0.3) is 0 Å². The highest BCUT2D eigenvalue weighted by molar-refractivity contribution is 5.07. The molecule has 0 saturated carbocycles. The first kappa shape index (κ1) is 9.22. The SMILES string of the molecule is C(/CN1CCCC1)=C1/CCCNC1. The van der Waals surface area contributed by atoms with Crippen molar-refractivity contribution in [2.75, 3.05) is 32.7 Å². The summed E-state index contributed by atoms with van der Waals surface area (Å²) < 4.78 is 0. The molecule has 0 spiro atoms. The van der Waals surface area contributed by atoms with Crippen molar-refractivity contribution in [2.24, 2.45) is 0 Å². The van der Waals surface area contributed by atoms with E-state index in [1.54, 1.807) is 5.57 Å². The van der Waals surface area contributed by atoms with E-state index < -0.39 is 0 Å². The van der Waals surface area contributed by atoms with Gasteiger partial charge < -0.3 is 5.32 Å². The Bertz CT molecular complexity index is 173. The minimum absolute atomic E-state index is 1.13. The highest BCUT2D eigenvalue weighted by Crippen LogP contribution is 2.11. The molecule has 2 aliphatic heterocycles. The topological polar surface area (TPSA) is 15.3 Å². The van der Waals surface area contributed by atoms with Crippen molar-refractivity contribution in [1.82, 2.24) is 10.2 Å². The molecule has 13 heavy (non-hydrogen) atoms. The Morgan fingerprint density at radius 2 is 2.08 bits per heavy atom. The normalized spacial score (nSPS) is 28.5. The molecule has 0 aromatic carbocycles. The second kappa shape index (κ2) is 4.77. The van der Waals surface area contributed by atoms with Crippen molar-refractivity contribution in [3.63, 3.8) is 0 Å². The van der Waals surface area contributed by atoms with Crippen LogP contribution in [-0.4, -0.2) is 37.6 Å². The van der Waals surface area contributed by atoms with E-state index in [9.17, 15) is 0 Å². The van der Waals surface area contributed by atoms with Crippen molar-refractivity contribution in [3.8, 4) is 0 Å². The largest absolute Gasteiger partial charge is 0.313 e. The van der Waals surface area contributed by atoms with Gasteiger partial charge in [-0.3, -0.25) is 4.90 Å². The zero-order valence-corrected chi connectivity index (χ0v) is 8.39. The van der Waals surface area contributed by atoms with Crippen molar-refractivity contribution < 1.29 is 0 Å². The predicted octanol–water partition coefficient (Wildman–Crippen LogP) is 1.39. The summed E-state index contributed by atoms with van der Waals surface area (Å²) in [5.41, 5.74) is 1.62. The van der Waals surface area contributed by atoms with Gasteiger partial charge >= 0.3 is 0 Å². The zero-order valence-electron chi connectivity index (χ0n) is 8.39. The van der Waals surface area contributed by atoms with Gasteiger partial charge in [-0.05, 0) is 45.3 Å². The standard InChI is InChI=1S/C11H20N2/c1-2-8-13(7-1)9-5-11-4-3-6-12-10-11/h5,12H,1-4,6-10H2/b11-5+. The van der Waals surface area contributed by atoms with Crippen molar-refractivity contribution in [2.45, 2.75) is 25.7 Å². The van der Waals surface area contributed by atoms with Crippen LogP contribution in [0, 0.1) is 0 Å². The Balaban J connectivity index is 1.74. The molecule has 0 radical (unpaired) electrons. The number of hydrogen-bond donors (Lipinski definition) is 1. The molecule has 0 aromatic heterocycles. The smallest absolute Gasteiger partial charge is 0.0166 e. The fourth-order valence-electron chi connectivity index (χ4n) is 2.18. The third-order valence-electron chi connectivity index (χ3n) is 3.04. The molecule has 74 valence electrons. The van der Waals surface area contributed by atoms with Crippen LogP contribution in [-0.2, 0) is 0 Å². The van der Waals surface area contributed by atoms with E-state index in [4.69, 9.17) is 0 Å². The van der Waals surface area contributed by atoms with Crippen LogP contribution in [0.15, 0.2) is 11.6 Å². The van der Waals surface area contributed by atoms with Gasteiger partial charge in [0.1, 0.15) is 0 Å². The van der Waals surface area contributed by atoms with Crippen LogP contribution in [0.4, 0.5) is 0 Å². The molecule has 2 rings (SSSR count). The minimum atomic E-state index is 1.13.